The molecule has 0 saturated heterocycles. The highest BCUT2D eigenvalue weighted by atomic mass is 16.5. The van der Waals surface area contributed by atoms with Gasteiger partial charge in [0.1, 0.15) is 0 Å². The van der Waals surface area contributed by atoms with Crippen LogP contribution in [0.1, 0.15) is 19.8 Å². The van der Waals surface area contributed by atoms with Crippen LogP contribution in [0.3, 0.4) is 0 Å². The lowest BCUT2D eigenvalue weighted by molar-refractivity contribution is -0.173. The Hall–Kier alpha value is -1.32. The molecule has 0 amide bonds. The molecule has 8 unspecified atom stereocenters. The first-order chi connectivity index (χ1) is 10.0. The second-order valence-corrected chi connectivity index (χ2v) is 7.38. The maximum absolute atomic E-state index is 12.5. The molecule has 0 aromatic rings. The summed E-state index contributed by atoms with van der Waals surface area (Å²) >= 11 is 0. The van der Waals surface area contributed by atoms with Crippen molar-refractivity contribution in [1.82, 2.24) is 0 Å². The van der Waals surface area contributed by atoms with Crippen LogP contribution in [0.15, 0.2) is 12.2 Å². The summed E-state index contributed by atoms with van der Waals surface area (Å²) in [6.45, 7) is 1.93. The van der Waals surface area contributed by atoms with E-state index in [2.05, 4.69) is 12.2 Å². The number of hydrogen-bond acceptors (Lipinski definition) is 4. The predicted molar refractivity (Wildman–Crippen MR) is 74.9 cm³/mol. The second-order valence-electron chi connectivity index (χ2n) is 7.38. The molecule has 0 spiro atoms. The Morgan fingerprint density at radius 1 is 1.05 bits per heavy atom. The van der Waals surface area contributed by atoms with Crippen LogP contribution in [0.2, 0.25) is 0 Å². The highest BCUT2D eigenvalue weighted by molar-refractivity contribution is 5.87. The lowest BCUT2D eigenvalue weighted by Gasteiger charge is -2.45. The Balaban J connectivity index is 1.79. The van der Waals surface area contributed by atoms with Gasteiger partial charge < -0.3 is 9.47 Å². The standard InChI is InChI=1S/C17H22O4/c1-17(16(19)21-3)11-7-10(14(17)15(18)20-2)12-8-4-5-9(6-8)13(11)12/h4-5,8-14H,6-7H2,1-3H3. The van der Waals surface area contributed by atoms with Crippen LogP contribution in [-0.4, -0.2) is 26.2 Å². The third-order valence-electron chi connectivity index (χ3n) is 6.99. The first-order valence-corrected chi connectivity index (χ1v) is 7.88. The molecule has 0 aliphatic heterocycles. The zero-order valence-corrected chi connectivity index (χ0v) is 12.7. The van der Waals surface area contributed by atoms with Crippen LogP contribution in [0.4, 0.5) is 0 Å². The second kappa shape index (κ2) is 4.11. The molecule has 0 aromatic heterocycles. The third-order valence-corrected chi connectivity index (χ3v) is 6.99. The lowest BCUT2D eigenvalue weighted by atomic mass is 9.58. The predicted octanol–water partition coefficient (Wildman–Crippen LogP) is 2.04. The van der Waals surface area contributed by atoms with Crippen LogP contribution in [0, 0.1) is 46.8 Å². The molecule has 4 bridgehead atoms. The fourth-order valence-electron chi connectivity index (χ4n) is 6.40. The maximum atomic E-state index is 12.5. The normalized spacial score (nSPS) is 52.0. The molecule has 114 valence electrons. The molecular formula is C17H22O4. The van der Waals surface area contributed by atoms with Crippen LogP contribution >= 0.6 is 0 Å². The number of esters is 2. The molecule has 0 N–H and O–H groups in total. The average molecular weight is 290 g/mol. The summed E-state index contributed by atoms with van der Waals surface area (Å²) < 4.78 is 10.1. The van der Waals surface area contributed by atoms with Crippen molar-refractivity contribution in [3.05, 3.63) is 12.2 Å². The van der Waals surface area contributed by atoms with E-state index in [4.69, 9.17) is 9.47 Å². The Kier molecular flexibility index (Phi) is 2.61. The molecule has 0 aromatic carbocycles. The Labute approximate surface area is 124 Å². The van der Waals surface area contributed by atoms with E-state index >= 15 is 0 Å². The lowest BCUT2D eigenvalue weighted by Crippen LogP contribution is -2.51. The summed E-state index contributed by atoms with van der Waals surface area (Å²) in [5.74, 6) is 2.02. The highest BCUT2D eigenvalue weighted by Gasteiger charge is 2.73. The molecule has 0 radical (unpaired) electrons. The molecule has 21 heavy (non-hydrogen) atoms. The van der Waals surface area contributed by atoms with Crippen LogP contribution in [-0.2, 0) is 19.1 Å². The molecule has 3 fully saturated rings. The van der Waals surface area contributed by atoms with Gasteiger partial charge in [0, 0.05) is 0 Å². The molecule has 4 aliphatic rings. The molecule has 0 heterocycles. The molecular weight excluding hydrogens is 268 g/mol. The number of carbonyl (C=O) groups is 2. The van der Waals surface area contributed by atoms with Crippen molar-refractivity contribution in [3.8, 4) is 0 Å². The van der Waals surface area contributed by atoms with E-state index < -0.39 is 5.41 Å². The number of hydrogen-bond donors (Lipinski definition) is 0. The number of ether oxygens (including phenoxy) is 2. The van der Waals surface area contributed by atoms with Gasteiger partial charge in [-0.15, -0.1) is 0 Å². The number of rotatable bonds is 2. The smallest absolute Gasteiger partial charge is 0.312 e. The number of fused-ring (bicyclic) bond motifs is 9. The van der Waals surface area contributed by atoms with Gasteiger partial charge in [0.05, 0.1) is 25.6 Å². The van der Waals surface area contributed by atoms with E-state index in [1.54, 1.807) is 0 Å². The van der Waals surface area contributed by atoms with E-state index in [1.807, 2.05) is 6.92 Å². The number of allylic oxidation sites excluding steroid dienone is 2. The van der Waals surface area contributed by atoms with Crippen molar-refractivity contribution < 1.29 is 19.1 Å². The van der Waals surface area contributed by atoms with Crippen molar-refractivity contribution in [3.63, 3.8) is 0 Å². The van der Waals surface area contributed by atoms with Crippen molar-refractivity contribution in [2.75, 3.05) is 14.2 Å². The van der Waals surface area contributed by atoms with Gasteiger partial charge in [-0.2, -0.15) is 0 Å². The van der Waals surface area contributed by atoms with Crippen molar-refractivity contribution in [2.45, 2.75) is 19.8 Å². The highest BCUT2D eigenvalue weighted by Crippen LogP contribution is 2.72. The maximum Gasteiger partial charge on any atom is 0.312 e. The van der Waals surface area contributed by atoms with E-state index in [0.29, 0.717) is 23.7 Å². The van der Waals surface area contributed by atoms with E-state index in [1.165, 1.54) is 20.6 Å². The van der Waals surface area contributed by atoms with Gasteiger partial charge >= 0.3 is 11.9 Å². The average Bonchev–Trinajstić information content (AvgIpc) is 3.22. The molecule has 3 saturated carbocycles. The third kappa shape index (κ3) is 1.37. The Morgan fingerprint density at radius 3 is 2.33 bits per heavy atom. The molecule has 4 rings (SSSR count). The zero-order valence-electron chi connectivity index (χ0n) is 12.7. The minimum atomic E-state index is -0.716. The SMILES string of the molecule is COC(=O)C1C2CC(C3C4C=CC(C4)C23)C1(C)C(=O)OC. The summed E-state index contributed by atoms with van der Waals surface area (Å²) in [4.78, 5) is 24.9. The Bertz CT molecular complexity index is 539. The summed E-state index contributed by atoms with van der Waals surface area (Å²) in [5.41, 5.74) is -0.716. The fourth-order valence-corrected chi connectivity index (χ4v) is 6.40. The van der Waals surface area contributed by atoms with Gasteiger partial charge in [-0.05, 0) is 55.3 Å². The molecule has 4 aliphatic carbocycles. The van der Waals surface area contributed by atoms with Crippen LogP contribution in [0.5, 0.6) is 0 Å². The van der Waals surface area contributed by atoms with Gasteiger partial charge in [-0.25, -0.2) is 0 Å². The number of methoxy groups -OCH3 is 2. The molecule has 8 atom stereocenters. The minimum absolute atomic E-state index is 0.236. The van der Waals surface area contributed by atoms with Gasteiger partial charge in [-0.1, -0.05) is 12.2 Å². The summed E-state index contributed by atoms with van der Waals surface area (Å²) in [7, 11) is 2.84. The Morgan fingerprint density at radius 2 is 1.71 bits per heavy atom. The van der Waals surface area contributed by atoms with Crippen molar-refractivity contribution >= 4 is 11.9 Å². The van der Waals surface area contributed by atoms with Gasteiger partial charge in [-0.3, -0.25) is 9.59 Å². The van der Waals surface area contributed by atoms with Crippen LogP contribution < -0.4 is 0 Å². The molecule has 4 nitrogen and oxygen atoms in total. The topological polar surface area (TPSA) is 52.6 Å². The summed E-state index contributed by atoms with van der Waals surface area (Å²) in [6, 6.07) is 0. The van der Waals surface area contributed by atoms with E-state index in [0.717, 1.165) is 6.42 Å². The quantitative estimate of drug-likeness (QED) is 0.444. The largest absolute Gasteiger partial charge is 0.469 e. The monoisotopic (exact) mass is 290 g/mol. The van der Waals surface area contributed by atoms with E-state index in [9.17, 15) is 9.59 Å². The van der Waals surface area contributed by atoms with Gasteiger partial charge in [0.25, 0.3) is 0 Å². The minimum Gasteiger partial charge on any atom is -0.469 e. The summed E-state index contributed by atoms with van der Waals surface area (Å²) in [6.07, 6.45) is 6.83. The first kappa shape index (κ1) is 13.4. The van der Waals surface area contributed by atoms with Crippen LogP contribution in [0.25, 0.3) is 0 Å². The van der Waals surface area contributed by atoms with Crippen molar-refractivity contribution in [1.29, 1.82) is 0 Å². The van der Waals surface area contributed by atoms with Gasteiger partial charge in [0.2, 0.25) is 0 Å². The number of carbonyl (C=O) groups excluding carboxylic acids is 2. The fraction of sp³-hybridized carbons (Fsp3) is 0.765. The van der Waals surface area contributed by atoms with E-state index in [-0.39, 0.29) is 29.7 Å². The van der Waals surface area contributed by atoms with Gasteiger partial charge in [0.15, 0.2) is 0 Å². The van der Waals surface area contributed by atoms with Crippen molar-refractivity contribution in [2.24, 2.45) is 46.8 Å². The zero-order chi connectivity index (χ0) is 14.9. The first-order valence-electron chi connectivity index (χ1n) is 7.88. The molecule has 4 heteroatoms. The summed E-state index contributed by atoms with van der Waals surface area (Å²) in [5, 5.41) is 0.